The molecule has 1 N–H and O–H groups in total. The molecule has 0 fully saturated rings. The van der Waals surface area contributed by atoms with E-state index >= 15 is 0 Å². The molecular weight excluding hydrogens is 396 g/mol. The summed E-state index contributed by atoms with van der Waals surface area (Å²) in [7, 11) is 4.29. The summed E-state index contributed by atoms with van der Waals surface area (Å²) < 4.78 is 7.59. The molecule has 158 valence electrons. The fourth-order valence-corrected chi connectivity index (χ4v) is 4.11. The van der Waals surface area contributed by atoms with E-state index < -0.39 is 0 Å². The highest BCUT2D eigenvalue weighted by Crippen LogP contribution is 2.22. The van der Waals surface area contributed by atoms with Gasteiger partial charge in [0.05, 0.1) is 26.2 Å². The molecular formula is C23H29N4O2S+. The molecule has 3 aromatic rings. The van der Waals surface area contributed by atoms with E-state index in [1.54, 1.807) is 23.9 Å². The number of carbonyl (C=O) groups excluding carboxylic acids is 1. The van der Waals surface area contributed by atoms with Crippen molar-refractivity contribution in [2.75, 3.05) is 26.5 Å². The average Bonchev–Trinajstić information content (AvgIpc) is 3.14. The van der Waals surface area contributed by atoms with Crippen molar-refractivity contribution in [1.82, 2.24) is 14.8 Å². The van der Waals surface area contributed by atoms with Crippen LogP contribution >= 0.6 is 11.8 Å². The molecule has 0 aliphatic heterocycles. The Morgan fingerprint density at radius 3 is 2.37 bits per heavy atom. The van der Waals surface area contributed by atoms with Gasteiger partial charge in [0.1, 0.15) is 12.6 Å². The van der Waals surface area contributed by atoms with Crippen molar-refractivity contribution in [1.29, 1.82) is 0 Å². The topological polar surface area (TPSA) is 61.5 Å². The number of benzene rings is 2. The number of carbonyl (C=O) groups is 1. The second-order valence-electron chi connectivity index (χ2n) is 7.30. The molecule has 0 saturated carbocycles. The maximum Gasteiger partial charge on any atom is 0.338 e. The first-order chi connectivity index (χ1) is 14.6. The van der Waals surface area contributed by atoms with Crippen LogP contribution in [0.3, 0.4) is 0 Å². The molecule has 0 saturated heterocycles. The highest BCUT2D eigenvalue weighted by molar-refractivity contribution is 7.99. The van der Waals surface area contributed by atoms with Crippen molar-refractivity contribution < 1.29 is 14.4 Å². The fourth-order valence-electron chi connectivity index (χ4n) is 3.35. The monoisotopic (exact) mass is 425 g/mol. The van der Waals surface area contributed by atoms with Gasteiger partial charge in [0.25, 0.3) is 0 Å². The number of hydrogen-bond donors (Lipinski definition) is 1. The summed E-state index contributed by atoms with van der Waals surface area (Å²) in [6.45, 7) is 3.22. The summed E-state index contributed by atoms with van der Waals surface area (Å²) in [5.41, 5.74) is 1.77. The van der Waals surface area contributed by atoms with Crippen LogP contribution in [0.2, 0.25) is 0 Å². The van der Waals surface area contributed by atoms with Crippen molar-refractivity contribution in [2.45, 2.75) is 31.1 Å². The molecule has 3 rings (SSSR count). The lowest BCUT2D eigenvalue weighted by Gasteiger charge is -2.20. The third kappa shape index (κ3) is 5.70. The molecule has 1 aromatic heterocycles. The molecule has 0 amide bonds. The third-order valence-electron chi connectivity index (χ3n) is 4.90. The van der Waals surface area contributed by atoms with Gasteiger partial charge in [-0.1, -0.05) is 67.2 Å². The Bertz CT molecular complexity index is 929. The summed E-state index contributed by atoms with van der Waals surface area (Å²) in [4.78, 5) is 13.4. The number of esters is 1. The lowest BCUT2D eigenvalue weighted by Crippen LogP contribution is -3.06. The van der Waals surface area contributed by atoms with Crippen LogP contribution in [0.25, 0.3) is 0 Å². The van der Waals surface area contributed by atoms with E-state index in [0.717, 1.165) is 23.9 Å². The number of ether oxygens (including phenoxy) is 1. The SMILES string of the molecule is CC[C@H](c1nnc(SCCOC(=O)c2ccccc2)n1Cc1ccccc1)[NH+](C)C. The predicted octanol–water partition coefficient (Wildman–Crippen LogP) is 2.87. The van der Waals surface area contributed by atoms with E-state index in [1.165, 1.54) is 10.5 Å². The van der Waals surface area contributed by atoms with Gasteiger partial charge in [-0.3, -0.25) is 4.57 Å². The third-order valence-corrected chi connectivity index (χ3v) is 5.83. The number of aromatic nitrogens is 3. The minimum Gasteiger partial charge on any atom is -0.461 e. The van der Waals surface area contributed by atoms with Gasteiger partial charge in [-0.2, -0.15) is 0 Å². The molecule has 0 radical (unpaired) electrons. The van der Waals surface area contributed by atoms with Crippen LogP contribution in [0.15, 0.2) is 65.8 Å². The van der Waals surface area contributed by atoms with Gasteiger partial charge in [0.2, 0.25) is 0 Å². The quantitative estimate of drug-likeness (QED) is 0.307. The Morgan fingerprint density at radius 1 is 1.07 bits per heavy atom. The number of nitrogens with zero attached hydrogens (tertiary/aromatic N) is 3. The van der Waals surface area contributed by atoms with Gasteiger partial charge in [0, 0.05) is 12.2 Å². The van der Waals surface area contributed by atoms with Crippen molar-refractivity contribution in [3.05, 3.63) is 77.6 Å². The van der Waals surface area contributed by atoms with Crippen molar-refractivity contribution in [3.63, 3.8) is 0 Å². The second kappa shape index (κ2) is 10.9. The zero-order chi connectivity index (χ0) is 21.3. The fraction of sp³-hybridized carbons (Fsp3) is 0.348. The van der Waals surface area contributed by atoms with E-state index in [-0.39, 0.29) is 12.0 Å². The molecule has 30 heavy (non-hydrogen) atoms. The summed E-state index contributed by atoms with van der Waals surface area (Å²) in [6, 6.07) is 19.7. The second-order valence-corrected chi connectivity index (χ2v) is 8.36. The van der Waals surface area contributed by atoms with Gasteiger partial charge in [-0.05, 0) is 17.7 Å². The number of rotatable bonds is 10. The summed E-state index contributed by atoms with van der Waals surface area (Å²) in [5.74, 6) is 1.31. The first-order valence-electron chi connectivity index (χ1n) is 10.2. The van der Waals surface area contributed by atoms with E-state index in [4.69, 9.17) is 4.74 Å². The number of hydrogen-bond acceptors (Lipinski definition) is 5. The van der Waals surface area contributed by atoms with Gasteiger partial charge < -0.3 is 9.64 Å². The van der Waals surface area contributed by atoms with Crippen LogP contribution in [-0.2, 0) is 11.3 Å². The zero-order valence-electron chi connectivity index (χ0n) is 17.7. The molecule has 2 aromatic carbocycles. The molecule has 6 nitrogen and oxygen atoms in total. The predicted molar refractivity (Wildman–Crippen MR) is 119 cm³/mol. The van der Waals surface area contributed by atoms with E-state index in [0.29, 0.717) is 17.9 Å². The van der Waals surface area contributed by atoms with Gasteiger partial charge in [0.15, 0.2) is 11.0 Å². The largest absolute Gasteiger partial charge is 0.461 e. The van der Waals surface area contributed by atoms with Crippen LogP contribution in [0.1, 0.15) is 41.1 Å². The molecule has 1 atom stereocenters. The van der Waals surface area contributed by atoms with Crippen LogP contribution in [0.4, 0.5) is 0 Å². The number of quaternary nitrogens is 1. The van der Waals surface area contributed by atoms with E-state index in [2.05, 4.69) is 47.9 Å². The summed E-state index contributed by atoms with van der Waals surface area (Å²) in [6.07, 6.45) is 0.981. The zero-order valence-corrected chi connectivity index (χ0v) is 18.6. The van der Waals surface area contributed by atoms with Crippen molar-refractivity contribution in [2.24, 2.45) is 0 Å². The minimum atomic E-state index is -0.301. The Morgan fingerprint density at radius 2 is 1.73 bits per heavy atom. The highest BCUT2D eigenvalue weighted by Gasteiger charge is 2.25. The Labute approximate surface area is 182 Å². The lowest BCUT2D eigenvalue weighted by molar-refractivity contribution is -0.893. The molecule has 0 aliphatic carbocycles. The van der Waals surface area contributed by atoms with Gasteiger partial charge in [-0.15, -0.1) is 10.2 Å². The maximum absolute atomic E-state index is 12.1. The molecule has 1 heterocycles. The Balaban J connectivity index is 1.69. The maximum atomic E-state index is 12.1. The smallest absolute Gasteiger partial charge is 0.338 e. The first kappa shape index (κ1) is 22.1. The minimum absolute atomic E-state index is 0.270. The number of nitrogens with one attached hydrogen (secondary N) is 1. The van der Waals surface area contributed by atoms with Crippen molar-refractivity contribution in [3.8, 4) is 0 Å². The van der Waals surface area contributed by atoms with E-state index in [1.807, 2.05) is 36.4 Å². The molecule has 7 heteroatoms. The number of thioether (sulfide) groups is 1. The van der Waals surface area contributed by atoms with Gasteiger partial charge >= 0.3 is 5.97 Å². The van der Waals surface area contributed by atoms with Crippen LogP contribution in [0.5, 0.6) is 0 Å². The standard InChI is InChI=1S/C23H28N4O2S/c1-4-20(26(2)3)21-24-25-23(27(21)17-18-11-7-5-8-12-18)30-16-15-29-22(28)19-13-9-6-10-14-19/h5-14,20H,4,15-17H2,1-3H3/p+1/t20-/m1/s1. The molecule has 0 spiro atoms. The Kier molecular flexibility index (Phi) is 8.04. The van der Waals surface area contributed by atoms with Gasteiger partial charge in [-0.25, -0.2) is 4.79 Å². The summed E-state index contributed by atoms with van der Waals surface area (Å²) in [5, 5.41) is 9.84. The lowest BCUT2D eigenvalue weighted by atomic mass is 10.2. The Hall–Kier alpha value is -2.64. The van der Waals surface area contributed by atoms with Crippen molar-refractivity contribution >= 4 is 17.7 Å². The summed E-state index contributed by atoms with van der Waals surface area (Å²) >= 11 is 1.57. The molecule has 0 aliphatic rings. The average molecular weight is 426 g/mol. The van der Waals surface area contributed by atoms with Crippen LogP contribution < -0.4 is 4.90 Å². The molecule has 0 bridgehead atoms. The van der Waals surface area contributed by atoms with Crippen LogP contribution in [-0.4, -0.2) is 47.2 Å². The normalized spacial score (nSPS) is 12.1. The van der Waals surface area contributed by atoms with E-state index in [9.17, 15) is 4.79 Å². The molecule has 0 unspecified atom stereocenters. The highest BCUT2D eigenvalue weighted by atomic mass is 32.2. The van der Waals surface area contributed by atoms with Crippen LogP contribution in [0, 0.1) is 0 Å². The first-order valence-corrected chi connectivity index (χ1v) is 11.2.